The van der Waals surface area contributed by atoms with E-state index in [1.807, 2.05) is 7.05 Å². The quantitative estimate of drug-likeness (QED) is 0.841. The fraction of sp³-hybridized carbons (Fsp3) is 0.933. The maximum Gasteiger partial charge on any atom is 0.224 e. The molecule has 0 radical (unpaired) electrons. The molecule has 0 aromatic rings. The van der Waals surface area contributed by atoms with Crippen molar-refractivity contribution >= 4 is 5.91 Å². The Morgan fingerprint density at radius 1 is 1.26 bits per heavy atom. The van der Waals surface area contributed by atoms with Crippen molar-refractivity contribution in [2.45, 2.75) is 57.0 Å². The number of nitrogens with zero attached hydrogens (tertiary/aromatic N) is 2. The van der Waals surface area contributed by atoms with Crippen LogP contribution in [0.3, 0.4) is 0 Å². The molecule has 110 valence electrons. The third kappa shape index (κ3) is 3.48. The summed E-state index contributed by atoms with van der Waals surface area (Å²) in [4.78, 5) is 17.0. The summed E-state index contributed by atoms with van der Waals surface area (Å²) in [5, 5.41) is 3.45. The molecule has 1 amide bonds. The minimum Gasteiger partial charge on any atom is -0.337 e. The van der Waals surface area contributed by atoms with Crippen LogP contribution in [0.25, 0.3) is 0 Å². The van der Waals surface area contributed by atoms with Crippen molar-refractivity contribution in [2.24, 2.45) is 0 Å². The summed E-state index contributed by atoms with van der Waals surface area (Å²) in [5.74, 6) is 0.344. The highest BCUT2D eigenvalue weighted by atomic mass is 16.2. The summed E-state index contributed by atoms with van der Waals surface area (Å²) in [6, 6.07) is 0.351. The van der Waals surface area contributed by atoms with E-state index in [1.54, 1.807) is 0 Å². The van der Waals surface area contributed by atoms with Gasteiger partial charge in [0.2, 0.25) is 5.91 Å². The number of likely N-dealkylation sites (N-methyl/N-ethyl adjacent to an activating group) is 1. The van der Waals surface area contributed by atoms with E-state index in [9.17, 15) is 4.79 Å². The van der Waals surface area contributed by atoms with Crippen LogP contribution in [-0.2, 0) is 4.79 Å². The zero-order chi connectivity index (χ0) is 13.9. The molecule has 1 aliphatic carbocycles. The van der Waals surface area contributed by atoms with E-state index in [-0.39, 0.29) is 5.54 Å². The molecule has 4 heteroatoms. The van der Waals surface area contributed by atoms with Crippen LogP contribution in [0.2, 0.25) is 0 Å². The molecule has 0 aromatic carbocycles. The molecular formula is C15H29N3O. The van der Waals surface area contributed by atoms with Gasteiger partial charge < -0.3 is 15.1 Å². The molecule has 1 atom stereocenters. The Bertz CT molecular complexity index is 313. The largest absolute Gasteiger partial charge is 0.337 e. The van der Waals surface area contributed by atoms with Gasteiger partial charge in [-0.2, -0.15) is 0 Å². The van der Waals surface area contributed by atoms with Gasteiger partial charge in [0, 0.05) is 37.6 Å². The molecule has 2 fully saturated rings. The number of carbonyl (C=O) groups excluding carboxylic acids is 1. The van der Waals surface area contributed by atoms with E-state index in [2.05, 4.69) is 29.1 Å². The number of piperazine rings is 1. The lowest BCUT2D eigenvalue weighted by Gasteiger charge is -2.42. The van der Waals surface area contributed by atoms with Gasteiger partial charge in [-0.25, -0.2) is 0 Å². The van der Waals surface area contributed by atoms with Crippen LogP contribution < -0.4 is 5.32 Å². The highest BCUT2D eigenvalue weighted by Crippen LogP contribution is 2.31. The van der Waals surface area contributed by atoms with Crippen molar-refractivity contribution in [3.63, 3.8) is 0 Å². The fourth-order valence-electron chi connectivity index (χ4n) is 3.64. The molecule has 2 rings (SSSR count). The molecule has 1 aliphatic heterocycles. The first-order valence-electron chi connectivity index (χ1n) is 7.73. The van der Waals surface area contributed by atoms with E-state index in [0.717, 1.165) is 32.5 Å². The average Bonchev–Trinajstić information content (AvgIpc) is 2.39. The van der Waals surface area contributed by atoms with E-state index >= 15 is 0 Å². The predicted molar refractivity (Wildman–Crippen MR) is 78.2 cm³/mol. The molecule has 1 saturated carbocycles. The van der Waals surface area contributed by atoms with Crippen LogP contribution in [0.15, 0.2) is 0 Å². The number of amides is 1. The van der Waals surface area contributed by atoms with Crippen molar-refractivity contribution in [1.29, 1.82) is 0 Å². The zero-order valence-corrected chi connectivity index (χ0v) is 12.7. The van der Waals surface area contributed by atoms with Crippen LogP contribution in [0.5, 0.6) is 0 Å². The van der Waals surface area contributed by atoms with Gasteiger partial charge in [-0.1, -0.05) is 19.3 Å². The number of carbonyl (C=O) groups is 1. The van der Waals surface area contributed by atoms with E-state index in [1.165, 1.54) is 19.3 Å². The van der Waals surface area contributed by atoms with Crippen LogP contribution in [0.1, 0.15) is 45.4 Å². The minimum atomic E-state index is 0.0679. The Morgan fingerprint density at radius 2 is 1.95 bits per heavy atom. The third-order valence-corrected chi connectivity index (χ3v) is 4.98. The van der Waals surface area contributed by atoms with Gasteiger partial charge in [0.1, 0.15) is 0 Å². The van der Waals surface area contributed by atoms with Gasteiger partial charge in [0.15, 0.2) is 0 Å². The Morgan fingerprint density at radius 3 is 2.53 bits per heavy atom. The molecule has 0 spiro atoms. The summed E-state index contributed by atoms with van der Waals surface area (Å²) >= 11 is 0. The van der Waals surface area contributed by atoms with Crippen LogP contribution in [0, 0.1) is 0 Å². The van der Waals surface area contributed by atoms with Crippen molar-refractivity contribution in [3.8, 4) is 0 Å². The molecule has 1 N–H and O–H groups in total. The average molecular weight is 267 g/mol. The molecule has 4 nitrogen and oxygen atoms in total. The second kappa shape index (κ2) is 6.23. The van der Waals surface area contributed by atoms with Gasteiger partial charge in [0.25, 0.3) is 0 Å². The maximum atomic E-state index is 12.6. The van der Waals surface area contributed by atoms with Gasteiger partial charge in [-0.05, 0) is 33.9 Å². The van der Waals surface area contributed by atoms with Gasteiger partial charge in [-0.3, -0.25) is 4.79 Å². The van der Waals surface area contributed by atoms with E-state index in [4.69, 9.17) is 0 Å². The monoisotopic (exact) mass is 267 g/mol. The van der Waals surface area contributed by atoms with Crippen LogP contribution in [-0.4, -0.2) is 61.0 Å². The molecular weight excluding hydrogens is 238 g/mol. The second-order valence-electron chi connectivity index (χ2n) is 6.47. The molecule has 0 bridgehead atoms. The third-order valence-electron chi connectivity index (χ3n) is 4.98. The number of hydrogen-bond acceptors (Lipinski definition) is 3. The zero-order valence-electron chi connectivity index (χ0n) is 12.7. The Labute approximate surface area is 117 Å². The van der Waals surface area contributed by atoms with Gasteiger partial charge in [-0.15, -0.1) is 0 Å². The summed E-state index contributed by atoms with van der Waals surface area (Å²) in [7, 11) is 4.15. The first-order chi connectivity index (χ1) is 9.06. The fourth-order valence-corrected chi connectivity index (χ4v) is 3.64. The summed E-state index contributed by atoms with van der Waals surface area (Å²) in [6.07, 6.45) is 6.81. The first kappa shape index (κ1) is 14.8. The topological polar surface area (TPSA) is 35.6 Å². The maximum absolute atomic E-state index is 12.6. The number of hydrogen-bond donors (Lipinski definition) is 1. The Kier molecular flexibility index (Phi) is 4.85. The lowest BCUT2D eigenvalue weighted by molar-refractivity contribution is -0.137. The van der Waals surface area contributed by atoms with Crippen LogP contribution in [0.4, 0.5) is 0 Å². The van der Waals surface area contributed by atoms with Crippen LogP contribution >= 0.6 is 0 Å². The molecule has 1 unspecified atom stereocenters. The van der Waals surface area contributed by atoms with E-state index in [0.29, 0.717) is 18.4 Å². The molecule has 19 heavy (non-hydrogen) atoms. The van der Waals surface area contributed by atoms with Crippen molar-refractivity contribution < 1.29 is 4.79 Å². The van der Waals surface area contributed by atoms with Crippen molar-refractivity contribution in [3.05, 3.63) is 0 Å². The number of rotatable bonds is 3. The summed E-state index contributed by atoms with van der Waals surface area (Å²) in [6.45, 7) is 5.05. The van der Waals surface area contributed by atoms with Crippen molar-refractivity contribution in [2.75, 3.05) is 33.7 Å². The number of nitrogens with one attached hydrogen (secondary N) is 1. The van der Waals surface area contributed by atoms with Crippen molar-refractivity contribution in [1.82, 2.24) is 15.1 Å². The highest BCUT2D eigenvalue weighted by molar-refractivity contribution is 5.78. The molecule has 0 aromatic heterocycles. The molecule has 2 aliphatic rings. The Balaban J connectivity index is 1.95. The Hall–Kier alpha value is -0.610. The summed E-state index contributed by atoms with van der Waals surface area (Å²) < 4.78 is 0. The lowest BCUT2D eigenvalue weighted by Crippen LogP contribution is -2.56. The highest BCUT2D eigenvalue weighted by Gasteiger charge is 2.35. The predicted octanol–water partition coefficient (Wildman–Crippen LogP) is 1.46. The minimum absolute atomic E-state index is 0.0679. The first-order valence-corrected chi connectivity index (χ1v) is 7.73. The molecule has 1 saturated heterocycles. The standard InChI is InChI=1S/C15H29N3O/c1-13-12-17(3)9-10-18(13)14(19)11-15(16-2)7-5-4-6-8-15/h13,16H,4-12H2,1-3H3. The van der Waals surface area contributed by atoms with Gasteiger partial charge in [0.05, 0.1) is 0 Å². The normalized spacial score (nSPS) is 28.4. The van der Waals surface area contributed by atoms with Gasteiger partial charge >= 0.3 is 0 Å². The SMILES string of the molecule is CNC1(CC(=O)N2CCN(C)CC2C)CCCCC1. The molecule has 1 heterocycles. The lowest BCUT2D eigenvalue weighted by atomic mass is 9.79. The smallest absolute Gasteiger partial charge is 0.224 e. The van der Waals surface area contributed by atoms with E-state index < -0.39 is 0 Å². The summed E-state index contributed by atoms with van der Waals surface area (Å²) in [5.41, 5.74) is 0.0679. The second-order valence-corrected chi connectivity index (χ2v) is 6.47.